The molecule has 0 unspecified atom stereocenters. The Kier molecular flexibility index (Phi) is 4.71. The molecule has 1 aromatic carbocycles. The Hall–Kier alpha value is -1.77. The molecule has 0 saturated heterocycles. The molecule has 1 heterocycles. The lowest BCUT2D eigenvalue weighted by atomic mass is 10.2. The predicted molar refractivity (Wildman–Crippen MR) is 71.9 cm³/mol. The summed E-state index contributed by atoms with van der Waals surface area (Å²) in [6.45, 7) is 0.0159. The van der Waals surface area contributed by atoms with Crippen molar-refractivity contribution in [2.45, 2.75) is 18.2 Å². The second kappa shape index (κ2) is 6.33. The maximum Gasteiger partial charge on any atom is 0.274 e. The summed E-state index contributed by atoms with van der Waals surface area (Å²) in [5, 5.41) is 2.55. The van der Waals surface area contributed by atoms with Gasteiger partial charge in [0.1, 0.15) is 17.4 Å². The van der Waals surface area contributed by atoms with Gasteiger partial charge in [-0.05, 0) is 37.4 Å². The summed E-state index contributed by atoms with van der Waals surface area (Å²) >= 11 is 0. The number of nitrogens with one attached hydrogen (secondary N) is 2. The van der Waals surface area contributed by atoms with Gasteiger partial charge < -0.3 is 9.73 Å². The first kappa shape index (κ1) is 15.6. The summed E-state index contributed by atoms with van der Waals surface area (Å²) in [6, 6.07) is 5.66. The van der Waals surface area contributed by atoms with E-state index in [1.165, 1.54) is 12.1 Å². The molecule has 0 saturated carbocycles. The van der Waals surface area contributed by atoms with E-state index in [4.69, 9.17) is 4.42 Å². The molecule has 5 nitrogen and oxygen atoms in total. The smallest absolute Gasteiger partial charge is 0.274 e. The van der Waals surface area contributed by atoms with Crippen LogP contribution in [0.3, 0.4) is 0 Å². The zero-order valence-corrected chi connectivity index (χ0v) is 12.0. The van der Waals surface area contributed by atoms with Crippen molar-refractivity contribution in [1.82, 2.24) is 10.0 Å². The molecular formula is C13H14F2N2O3S. The van der Waals surface area contributed by atoms with E-state index in [-0.39, 0.29) is 17.2 Å². The SMILES string of the molecule is CNCc1ccc(S(=O)(=O)NCc2cc(F)ccc2F)o1. The molecule has 0 aliphatic heterocycles. The molecule has 0 fully saturated rings. The van der Waals surface area contributed by atoms with Crippen LogP contribution < -0.4 is 10.0 Å². The lowest BCUT2D eigenvalue weighted by Gasteiger charge is -2.06. The second-order valence-electron chi connectivity index (χ2n) is 4.31. The normalized spacial score (nSPS) is 11.8. The van der Waals surface area contributed by atoms with Crippen LogP contribution in [0.5, 0.6) is 0 Å². The van der Waals surface area contributed by atoms with Gasteiger partial charge in [0.25, 0.3) is 10.0 Å². The number of halogens is 2. The van der Waals surface area contributed by atoms with Gasteiger partial charge in [-0.15, -0.1) is 0 Å². The summed E-state index contributed by atoms with van der Waals surface area (Å²) in [7, 11) is -2.22. The summed E-state index contributed by atoms with van der Waals surface area (Å²) in [5.41, 5.74) is -0.0828. The largest absolute Gasteiger partial charge is 0.447 e. The van der Waals surface area contributed by atoms with Crippen molar-refractivity contribution in [2.24, 2.45) is 0 Å². The number of benzene rings is 1. The zero-order chi connectivity index (χ0) is 15.5. The molecule has 0 aliphatic carbocycles. The molecule has 0 radical (unpaired) electrons. The van der Waals surface area contributed by atoms with Crippen molar-refractivity contribution < 1.29 is 21.6 Å². The van der Waals surface area contributed by atoms with Gasteiger partial charge in [-0.3, -0.25) is 0 Å². The third-order valence-electron chi connectivity index (χ3n) is 2.71. The predicted octanol–water partition coefficient (Wildman–Crippen LogP) is 1.76. The zero-order valence-electron chi connectivity index (χ0n) is 11.2. The van der Waals surface area contributed by atoms with Crippen LogP contribution in [0, 0.1) is 11.6 Å². The lowest BCUT2D eigenvalue weighted by molar-refractivity contribution is 0.404. The van der Waals surface area contributed by atoms with Crippen molar-refractivity contribution in [3.63, 3.8) is 0 Å². The van der Waals surface area contributed by atoms with E-state index < -0.39 is 21.7 Å². The number of furan rings is 1. The highest BCUT2D eigenvalue weighted by atomic mass is 32.2. The highest BCUT2D eigenvalue weighted by molar-refractivity contribution is 7.89. The molecule has 0 spiro atoms. The van der Waals surface area contributed by atoms with E-state index in [1.54, 1.807) is 7.05 Å². The Morgan fingerprint density at radius 2 is 1.90 bits per heavy atom. The van der Waals surface area contributed by atoms with E-state index in [0.29, 0.717) is 12.3 Å². The molecular weight excluding hydrogens is 302 g/mol. The van der Waals surface area contributed by atoms with Gasteiger partial charge in [0.05, 0.1) is 6.54 Å². The molecule has 8 heteroatoms. The van der Waals surface area contributed by atoms with E-state index in [9.17, 15) is 17.2 Å². The highest BCUT2D eigenvalue weighted by Crippen LogP contribution is 2.15. The Bertz CT molecular complexity index is 729. The summed E-state index contributed by atoms with van der Waals surface area (Å²) < 4.78 is 57.7. The quantitative estimate of drug-likeness (QED) is 0.852. The van der Waals surface area contributed by atoms with Gasteiger partial charge in [-0.1, -0.05) is 0 Å². The van der Waals surface area contributed by atoms with Crippen molar-refractivity contribution in [3.05, 3.63) is 53.3 Å². The minimum absolute atomic E-state index is 0.0828. The molecule has 2 N–H and O–H groups in total. The Morgan fingerprint density at radius 3 is 2.62 bits per heavy atom. The number of sulfonamides is 1. The first-order chi connectivity index (χ1) is 9.92. The average Bonchev–Trinajstić information content (AvgIpc) is 2.90. The van der Waals surface area contributed by atoms with Crippen LogP contribution in [0.4, 0.5) is 8.78 Å². The number of hydrogen-bond acceptors (Lipinski definition) is 4. The lowest BCUT2D eigenvalue weighted by Crippen LogP contribution is -2.23. The minimum Gasteiger partial charge on any atom is -0.447 e. The maximum absolute atomic E-state index is 13.4. The van der Waals surface area contributed by atoms with E-state index in [1.807, 2.05) is 0 Å². The van der Waals surface area contributed by atoms with Crippen molar-refractivity contribution in [3.8, 4) is 0 Å². The van der Waals surface area contributed by atoms with Crippen LogP contribution in [0.2, 0.25) is 0 Å². The molecule has 2 rings (SSSR count). The Morgan fingerprint density at radius 1 is 1.14 bits per heavy atom. The van der Waals surface area contributed by atoms with E-state index in [0.717, 1.165) is 18.2 Å². The second-order valence-corrected chi connectivity index (χ2v) is 6.01. The summed E-state index contributed by atoms with van der Waals surface area (Å²) in [6.07, 6.45) is 0. The van der Waals surface area contributed by atoms with Crippen LogP contribution in [-0.2, 0) is 23.1 Å². The number of rotatable bonds is 6. The van der Waals surface area contributed by atoms with Crippen LogP contribution in [0.1, 0.15) is 11.3 Å². The van der Waals surface area contributed by atoms with Gasteiger partial charge in [-0.25, -0.2) is 21.9 Å². The summed E-state index contributed by atoms with van der Waals surface area (Å²) in [5.74, 6) is -0.871. The maximum atomic E-state index is 13.4. The molecule has 0 amide bonds. The third-order valence-corrected chi connectivity index (χ3v) is 3.99. The van der Waals surface area contributed by atoms with Crippen LogP contribution in [0.15, 0.2) is 39.8 Å². The molecule has 0 aliphatic rings. The minimum atomic E-state index is -3.92. The van der Waals surface area contributed by atoms with Gasteiger partial charge >= 0.3 is 0 Å². The molecule has 21 heavy (non-hydrogen) atoms. The van der Waals surface area contributed by atoms with Crippen molar-refractivity contribution in [2.75, 3.05) is 7.05 Å². The van der Waals surface area contributed by atoms with Crippen LogP contribution >= 0.6 is 0 Å². The first-order valence-electron chi connectivity index (χ1n) is 6.09. The van der Waals surface area contributed by atoms with E-state index in [2.05, 4.69) is 10.0 Å². The monoisotopic (exact) mass is 316 g/mol. The van der Waals surface area contributed by atoms with Crippen LogP contribution in [-0.4, -0.2) is 15.5 Å². The van der Waals surface area contributed by atoms with Crippen molar-refractivity contribution in [1.29, 1.82) is 0 Å². The molecule has 1 aromatic heterocycles. The molecule has 0 atom stereocenters. The van der Waals surface area contributed by atoms with Gasteiger partial charge in [0, 0.05) is 12.1 Å². The highest BCUT2D eigenvalue weighted by Gasteiger charge is 2.19. The fraction of sp³-hybridized carbons (Fsp3) is 0.231. The molecule has 114 valence electrons. The molecule has 2 aromatic rings. The Labute approximate surface area is 121 Å². The van der Waals surface area contributed by atoms with E-state index >= 15 is 0 Å². The topological polar surface area (TPSA) is 71.3 Å². The first-order valence-corrected chi connectivity index (χ1v) is 7.57. The molecule has 0 bridgehead atoms. The number of hydrogen-bond donors (Lipinski definition) is 2. The third kappa shape index (κ3) is 3.87. The Balaban J connectivity index is 2.11. The van der Waals surface area contributed by atoms with Crippen molar-refractivity contribution >= 4 is 10.0 Å². The van der Waals surface area contributed by atoms with Crippen LogP contribution in [0.25, 0.3) is 0 Å². The van der Waals surface area contributed by atoms with Gasteiger partial charge in [0.15, 0.2) is 0 Å². The summed E-state index contributed by atoms with van der Waals surface area (Å²) in [4.78, 5) is 0. The van der Waals surface area contributed by atoms with Gasteiger partial charge in [-0.2, -0.15) is 0 Å². The van der Waals surface area contributed by atoms with Gasteiger partial charge in [0.2, 0.25) is 5.09 Å². The average molecular weight is 316 g/mol. The standard InChI is InChI=1S/C13H14F2N2O3S/c1-16-8-11-3-5-13(20-11)21(18,19)17-7-9-6-10(14)2-4-12(9)15/h2-6,16-17H,7-8H2,1H3. The fourth-order valence-corrected chi connectivity index (χ4v) is 2.65. The fourth-order valence-electron chi connectivity index (χ4n) is 1.69.